The van der Waals surface area contributed by atoms with Crippen LogP contribution >= 0.6 is 0 Å². The molecule has 21 heavy (non-hydrogen) atoms. The van der Waals surface area contributed by atoms with Crippen molar-refractivity contribution in [1.29, 1.82) is 0 Å². The largest absolute Gasteiger partial charge is 0.338 e. The molecule has 2 aliphatic rings. The van der Waals surface area contributed by atoms with Crippen molar-refractivity contribution < 1.29 is 9.59 Å². The van der Waals surface area contributed by atoms with Gasteiger partial charge in [-0.05, 0) is 18.6 Å². The number of rotatable bonds is 1. The number of pyridine rings is 1. The van der Waals surface area contributed by atoms with E-state index in [1.807, 2.05) is 9.80 Å². The van der Waals surface area contributed by atoms with Gasteiger partial charge in [-0.25, -0.2) is 4.79 Å². The Morgan fingerprint density at radius 3 is 2.57 bits per heavy atom. The zero-order valence-electron chi connectivity index (χ0n) is 12.5. The molecule has 3 heterocycles. The third-order valence-corrected chi connectivity index (χ3v) is 4.34. The normalized spacial score (nSPS) is 19.5. The minimum atomic E-state index is 0.0392. The molecule has 2 aliphatic heterocycles. The number of nitrogens with zero attached hydrogens (tertiary/aromatic N) is 4. The Morgan fingerprint density at radius 2 is 1.95 bits per heavy atom. The van der Waals surface area contributed by atoms with Gasteiger partial charge < -0.3 is 14.7 Å². The third-order valence-electron chi connectivity index (χ3n) is 4.34. The van der Waals surface area contributed by atoms with Crippen LogP contribution in [0.2, 0.25) is 0 Å². The fourth-order valence-corrected chi connectivity index (χ4v) is 3.22. The number of carbonyl (C=O) groups excluding carboxylic acids is 2. The zero-order chi connectivity index (χ0) is 15.0. The van der Waals surface area contributed by atoms with Crippen LogP contribution in [0.4, 0.5) is 4.79 Å². The second-order valence-corrected chi connectivity index (χ2v) is 6.25. The van der Waals surface area contributed by atoms with E-state index >= 15 is 0 Å². The highest BCUT2D eigenvalue weighted by Crippen LogP contribution is 2.40. The summed E-state index contributed by atoms with van der Waals surface area (Å²) in [5, 5.41) is 0. The summed E-state index contributed by atoms with van der Waals surface area (Å²) in [5.41, 5.74) is 0.735. The van der Waals surface area contributed by atoms with Crippen LogP contribution in [-0.2, 0) is 0 Å². The molecule has 0 aromatic carbocycles. The molecule has 2 fully saturated rings. The summed E-state index contributed by atoms with van der Waals surface area (Å²) in [6.45, 7) is 3.00. The van der Waals surface area contributed by atoms with Gasteiger partial charge in [0.05, 0.1) is 5.56 Å². The Kier molecular flexibility index (Phi) is 3.31. The predicted octanol–water partition coefficient (Wildman–Crippen LogP) is 0.911. The van der Waals surface area contributed by atoms with Gasteiger partial charge in [-0.2, -0.15) is 0 Å². The van der Waals surface area contributed by atoms with Crippen LogP contribution in [0, 0.1) is 5.41 Å². The monoisotopic (exact) mass is 288 g/mol. The molecule has 0 N–H and O–H groups in total. The average molecular weight is 288 g/mol. The van der Waals surface area contributed by atoms with Crippen molar-refractivity contribution in [2.24, 2.45) is 5.41 Å². The van der Waals surface area contributed by atoms with E-state index in [1.54, 1.807) is 43.5 Å². The lowest BCUT2D eigenvalue weighted by Crippen LogP contribution is -2.61. The quantitative estimate of drug-likeness (QED) is 0.772. The smallest absolute Gasteiger partial charge is 0.319 e. The van der Waals surface area contributed by atoms with Crippen molar-refractivity contribution >= 4 is 11.9 Å². The van der Waals surface area contributed by atoms with E-state index in [1.165, 1.54) is 0 Å². The first-order chi connectivity index (χ1) is 10.0. The van der Waals surface area contributed by atoms with Gasteiger partial charge in [0.15, 0.2) is 0 Å². The molecule has 2 saturated heterocycles. The topological polar surface area (TPSA) is 56.8 Å². The molecule has 0 aliphatic carbocycles. The lowest BCUT2D eigenvalue weighted by Gasteiger charge is -2.48. The van der Waals surface area contributed by atoms with E-state index in [2.05, 4.69) is 4.98 Å². The number of likely N-dealkylation sites (tertiary alicyclic amines) is 2. The summed E-state index contributed by atoms with van der Waals surface area (Å²) >= 11 is 0. The van der Waals surface area contributed by atoms with E-state index < -0.39 is 0 Å². The summed E-state index contributed by atoms with van der Waals surface area (Å²) in [5.74, 6) is 0.0392. The van der Waals surface area contributed by atoms with E-state index in [0.29, 0.717) is 5.56 Å². The third kappa shape index (κ3) is 2.46. The van der Waals surface area contributed by atoms with Gasteiger partial charge >= 0.3 is 6.03 Å². The Balaban J connectivity index is 1.60. The molecule has 6 heteroatoms. The van der Waals surface area contributed by atoms with Crippen LogP contribution in [0.25, 0.3) is 0 Å². The van der Waals surface area contributed by atoms with Crippen LogP contribution < -0.4 is 0 Å². The number of aromatic nitrogens is 1. The molecule has 1 aromatic heterocycles. The Bertz CT molecular complexity index is 552. The minimum absolute atomic E-state index is 0.0392. The Labute approximate surface area is 124 Å². The number of hydrogen-bond donors (Lipinski definition) is 0. The van der Waals surface area contributed by atoms with Crippen molar-refractivity contribution in [3.05, 3.63) is 30.1 Å². The summed E-state index contributed by atoms with van der Waals surface area (Å²) in [6.07, 6.45) is 4.24. The highest BCUT2D eigenvalue weighted by atomic mass is 16.2. The van der Waals surface area contributed by atoms with Crippen LogP contribution in [0.1, 0.15) is 16.8 Å². The molecule has 0 saturated carbocycles. The van der Waals surface area contributed by atoms with Gasteiger partial charge in [0.1, 0.15) is 0 Å². The first-order valence-electron chi connectivity index (χ1n) is 7.16. The number of hydrogen-bond acceptors (Lipinski definition) is 3. The molecular weight excluding hydrogens is 268 g/mol. The molecule has 3 rings (SSSR count). The molecule has 3 amide bonds. The van der Waals surface area contributed by atoms with Crippen LogP contribution in [0.5, 0.6) is 0 Å². The zero-order valence-corrected chi connectivity index (χ0v) is 12.5. The van der Waals surface area contributed by atoms with Gasteiger partial charge in [0.2, 0.25) is 0 Å². The molecular formula is C15H20N4O2. The molecule has 112 valence electrons. The standard InChI is InChI=1S/C15H20N4O2/c1-17(2)14(21)19-10-15(11-19)5-7-18(9-15)13(20)12-4-3-6-16-8-12/h3-4,6,8H,5,7,9-11H2,1-2H3. The lowest BCUT2D eigenvalue weighted by molar-refractivity contribution is 0.0277. The number of amides is 3. The van der Waals surface area contributed by atoms with Crippen molar-refractivity contribution in [1.82, 2.24) is 19.7 Å². The fourth-order valence-electron chi connectivity index (χ4n) is 3.22. The molecule has 1 aromatic rings. The maximum Gasteiger partial charge on any atom is 0.319 e. The SMILES string of the molecule is CN(C)C(=O)N1CC2(CCN(C(=O)c3cccnc3)C2)C1. The highest BCUT2D eigenvalue weighted by molar-refractivity contribution is 5.94. The van der Waals surface area contributed by atoms with Crippen molar-refractivity contribution in [2.75, 3.05) is 40.3 Å². The molecule has 1 spiro atoms. The van der Waals surface area contributed by atoms with E-state index in [-0.39, 0.29) is 17.4 Å². The van der Waals surface area contributed by atoms with Gasteiger partial charge in [-0.3, -0.25) is 9.78 Å². The van der Waals surface area contributed by atoms with Crippen LogP contribution in [0.15, 0.2) is 24.5 Å². The lowest BCUT2D eigenvalue weighted by atomic mass is 9.79. The Hall–Kier alpha value is -2.11. The fraction of sp³-hybridized carbons (Fsp3) is 0.533. The average Bonchev–Trinajstić information content (AvgIpc) is 2.90. The Morgan fingerprint density at radius 1 is 1.24 bits per heavy atom. The summed E-state index contributed by atoms with van der Waals surface area (Å²) in [6, 6.07) is 3.63. The summed E-state index contributed by atoms with van der Waals surface area (Å²) in [4.78, 5) is 33.6. The van der Waals surface area contributed by atoms with Gasteiger partial charge in [0.25, 0.3) is 5.91 Å². The second-order valence-electron chi connectivity index (χ2n) is 6.25. The van der Waals surface area contributed by atoms with E-state index in [9.17, 15) is 9.59 Å². The van der Waals surface area contributed by atoms with Crippen LogP contribution in [-0.4, -0.2) is 71.9 Å². The molecule has 0 atom stereocenters. The highest BCUT2D eigenvalue weighted by Gasteiger charge is 2.50. The second kappa shape index (κ2) is 5.02. The maximum atomic E-state index is 12.4. The van der Waals surface area contributed by atoms with E-state index in [4.69, 9.17) is 0 Å². The van der Waals surface area contributed by atoms with Crippen LogP contribution in [0.3, 0.4) is 0 Å². The molecule has 0 bridgehead atoms. The summed E-state index contributed by atoms with van der Waals surface area (Å²) < 4.78 is 0. The van der Waals surface area contributed by atoms with Crippen molar-refractivity contribution in [3.8, 4) is 0 Å². The van der Waals surface area contributed by atoms with Gasteiger partial charge in [0, 0.05) is 58.1 Å². The number of carbonyl (C=O) groups is 2. The summed E-state index contributed by atoms with van der Waals surface area (Å²) in [7, 11) is 3.53. The molecule has 0 unspecified atom stereocenters. The maximum absolute atomic E-state index is 12.4. The van der Waals surface area contributed by atoms with Crippen molar-refractivity contribution in [3.63, 3.8) is 0 Å². The number of urea groups is 1. The van der Waals surface area contributed by atoms with E-state index in [0.717, 1.165) is 32.6 Å². The van der Waals surface area contributed by atoms with Gasteiger partial charge in [-0.1, -0.05) is 0 Å². The molecule has 6 nitrogen and oxygen atoms in total. The predicted molar refractivity (Wildman–Crippen MR) is 77.8 cm³/mol. The first kappa shape index (κ1) is 13.9. The first-order valence-corrected chi connectivity index (χ1v) is 7.16. The van der Waals surface area contributed by atoms with Crippen molar-refractivity contribution in [2.45, 2.75) is 6.42 Å². The molecule has 0 radical (unpaired) electrons. The minimum Gasteiger partial charge on any atom is -0.338 e. The van der Waals surface area contributed by atoms with Gasteiger partial charge in [-0.15, -0.1) is 0 Å².